The monoisotopic (exact) mass is 338 g/mol. The van der Waals surface area contributed by atoms with Crippen LogP contribution < -0.4 is 10.7 Å². The van der Waals surface area contributed by atoms with Crippen molar-refractivity contribution in [1.82, 2.24) is 4.57 Å². The molecule has 1 N–H and O–H groups in total. The fraction of sp³-hybridized carbons (Fsp3) is 0.200. The number of carbonyl (C=O) groups excluding carboxylic acids is 1. The smallest absolute Gasteiger partial charge is 0.261 e. The van der Waals surface area contributed by atoms with Gasteiger partial charge < -0.3 is 9.88 Å². The summed E-state index contributed by atoms with van der Waals surface area (Å²) in [5, 5.41) is 3.01. The molecule has 1 heterocycles. The number of fused-ring (bicyclic) bond motifs is 1. The van der Waals surface area contributed by atoms with Gasteiger partial charge in [0.1, 0.15) is 11.4 Å². The van der Waals surface area contributed by atoms with Crippen LogP contribution in [0.4, 0.5) is 10.1 Å². The van der Waals surface area contributed by atoms with E-state index < -0.39 is 17.2 Å². The number of halogens is 1. The van der Waals surface area contributed by atoms with Crippen LogP contribution in [-0.2, 0) is 13.0 Å². The van der Waals surface area contributed by atoms with Crippen LogP contribution in [0.1, 0.15) is 29.8 Å². The lowest BCUT2D eigenvalue weighted by Crippen LogP contribution is -2.24. The highest BCUT2D eigenvalue weighted by molar-refractivity contribution is 6.06. The maximum Gasteiger partial charge on any atom is 0.261 e. The van der Waals surface area contributed by atoms with Crippen LogP contribution >= 0.6 is 0 Å². The number of para-hydroxylation sites is 1. The number of aromatic nitrogens is 1. The fourth-order valence-corrected chi connectivity index (χ4v) is 2.93. The van der Waals surface area contributed by atoms with E-state index in [0.29, 0.717) is 17.7 Å². The number of aryl methyl sites for hydroxylation is 2. The minimum atomic E-state index is -0.499. The number of nitrogens with zero attached hydrogens (tertiary/aromatic N) is 1. The van der Waals surface area contributed by atoms with Crippen LogP contribution in [0.5, 0.6) is 0 Å². The first-order valence-corrected chi connectivity index (χ1v) is 8.27. The van der Waals surface area contributed by atoms with E-state index >= 15 is 0 Å². The first-order chi connectivity index (χ1) is 12.0. The number of rotatable bonds is 4. The van der Waals surface area contributed by atoms with E-state index in [1.807, 2.05) is 32.0 Å². The molecule has 0 aliphatic rings. The molecule has 5 heteroatoms. The standard InChI is InChI=1S/C20H19FN2O2/c1-3-13-7-5-6-8-17(13)22-20(25)16-12-23(4-2)18-10-9-14(21)11-15(18)19(16)24/h5-12H,3-4H2,1-2H3,(H,22,25). The predicted molar refractivity (Wildman–Crippen MR) is 97.6 cm³/mol. The van der Waals surface area contributed by atoms with Gasteiger partial charge >= 0.3 is 0 Å². The summed E-state index contributed by atoms with van der Waals surface area (Å²) < 4.78 is 15.4. The summed E-state index contributed by atoms with van der Waals surface area (Å²) in [7, 11) is 0. The zero-order chi connectivity index (χ0) is 18.0. The summed E-state index contributed by atoms with van der Waals surface area (Å²) >= 11 is 0. The molecule has 0 unspecified atom stereocenters. The largest absolute Gasteiger partial charge is 0.347 e. The lowest BCUT2D eigenvalue weighted by atomic mass is 10.1. The van der Waals surface area contributed by atoms with E-state index in [-0.39, 0.29) is 10.9 Å². The van der Waals surface area contributed by atoms with Gasteiger partial charge in [0.25, 0.3) is 5.91 Å². The second kappa shape index (κ2) is 6.89. The molecule has 0 saturated carbocycles. The predicted octanol–water partition coefficient (Wildman–Crippen LogP) is 3.98. The Labute approximate surface area is 144 Å². The number of amides is 1. The molecule has 4 nitrogen and oxygen atoms in total. The van der Waals surface area contributed by atoms with Gasteiger partial charge in [-0.3, -0.25) is 9.59 Å². The minimum Gasteiger partial charge on any atom is -0.347 e. The number of nitrogens with one attached hydrogen (secondary N) is 1. The molecule has 0 aliphatic carbocycles. The van der Waals surface area contributed by atoms with Gasteiger partial charge in [0.05, 0.1) is 5.52 Å². The van der Waals surface area contributed by atoms with Crippen LogP contribution in [0.2, 0.25) is 0 Å². The molecule has 0 spiro atoms. The van der Waals surface area contributed by atoms with E-state index in [1.165, 1.54) is 18.3 Å². The van der Waals surface area contributed by atoms with Gasteiger partial charge in [-0.2, -0.15) is 0 Å². The maximum absolute atomic E-state index is 13.6. The topological polar surface area (TPSA) is 51.1 Å². The Balaban J connectivity index is 2.10. The van der Waals surface area contributed by atoms with Gasteiger partial charge in [-0.05, 0) is 43.2 Å². The van der Waals surface area contributed by atoms with Crippen LogP contribution in [0.3, 0.4) is 0 Å². The number of anilines is 1. The van der Waals surface area contributed by atoms with Crippen molar-refractivity contribution in [3.05, 3.63) is 75.8 Å². The third kappa shape index (κ3) is 3.18. The van der Waals surface area contributed by atoms with E-state index in [2.05, 4.69) is 5.32 Å². The summed E-state index contributed by atoms with van der Waals surface area (Å²) in [5.41, 5.74) is 1.81. The van der Waals surface area contributed by atoms with Gasteiger partial charge in [-0.25, -0.2) is 4.39 Å². The minimum absolute atomic E-state index is 0.00542. The van der Waals surface area contributed by atoms with Gasteiger partial charge in [0, 0.05) is 23.8 Å². The first-order valence-electron chi connectivity index (χ1n) is 8.27. The molecule has 25 heavy (non-hydrogen) atoms. The number of pyridine rings is 1. The zero-order valence-electron chi connectivity index (χ0n) is 14.2. The molecule has 0 bridgehead atoms. The lowest BCUT2D eigenvalue weighted by molar-refractivity contribution is 0.102. The first kappa shape index (κ1) is 16.9. The maximum atomic E-state index is 13.6. The highest BCUT2D eigenvalue weighted by Crippen LogP contribution is 2.18. The van der Waals surface area contributed by atoms with Crippen LogP contribution in [-0.4, -0.2) is 10.5 Å². The normalized spacial score (nSPS) is 10.8. The van der Waals surface area contributed by atoms with Crippen molar-refractivity contribution < 1.29 is 9.18 Å². The number of carbonyl (C=O) groups is 1. The van der Waals surface area contributed by atoms with E-state index in [0.717, 1.165) is 12.0 Å². The molecule has 0 atom stereocenters. The Hall–Kier alpha value is -2.95. The zero-order valence-corrected chi connectivity index (χ0v) is 14.2. The number of hydrogen-bond acceptors (Lipinski definition) is 2. The summed E-state index contributed by atoms with van der Waals surface area (Å²) in [6.45, 7) is 4.46. The van der Waals surface area contributed by atoms with Crippen LogP contribution in [0.15, 0.2) is 53.5 Å². The number of benzene rings is 2. The molecule has 1 amide bonds. The Morgan fingerprint density at radius 1 is 1.16 bits per heavy atom. The Kier molecular flexibility index (Phi) is 4.65. The second-order valence-electron chi connectivity index (χ2n) is 5.78. The molecule has 0 saturated heterocycles. The molecule has 3 rings (SSSR count). The van der Waals surface area contributed by atoms with Crippen molar-refractivity contribution in [2.45, 2.75) is 26.8 Å². The summed E-state index contributed by atoms with van der Waals surface area (Å²) in [6, 6.07) is 11.5. The van der Waals surface area contributed by atoms with Crippen molar-refractivity contribution in [2.24, 2.45) is 0 Å². The molecule has 0 radical (unpaired) electrons. The molecule has 3 aromatic rings. The molecule has 2 aromatic carbocycles. The molecule has 0 fully saturated rings. The molecule has 1 aromatic heterocycles. The Morgan fingerprint density at radius 3 is 2.64 bits per heavy atom. The average Bonchev–Trinajstić information content (AvgIpc) is 2.62. The summed E-state index contributed by atoms with van der Waals surface area (Å²) in [4.78, 5) is 25.4. The second-order valence-corrected chi connectivity index (χ2v) is 5.78. The average molecular weight is 338 g/mol. The van der Waals surface area contributed by atoms with Gasteiger partial charge in [0.15, 0.2) is 0 Å². The fourth-order valence-electron chi connectivity index (χ4n) is 2.93. The lowest BCUT2D eigenvalue weighted by Gasteiger charge is -2.13. The molecule has 128 valence electrons. The molecular weight excluding hydrogens is 319 g/mol. The summed E-state index contributed by atoms with van der Waals surface area (Å²) in [6.07, 6.45) is 2.30. The van der Waals surface area contributed by atoms with Crippen LogP contribution in [0.25, 0.3) is 10.9 Å². The van der Waals surface area contributed by atoms with E-state index in [9.17, 15) is 14.0 Å². The molecular formula is C20H19FN2O2. The van der Waals surface area contributed by atoms with Crippen molar-refractivity contribution in [1.29, 1.82) is 0 Å². The third-order valence-electron chi connectivity index (χ3n) is 4.27. The summed E-state index contributed by atoms with van der Waals surface area (Å²) in [5.74, 6) is -0.986. The molecule has 0 aliphatic heterocycles. The third-order valence-corrected chi connectivity index (χ3v) is 4.27. The van der Waals surface area contributed by atoms with Crippen molar-refractivity contribution in [3.8, 4) is 0 Å². The van der Waals surface area contributed by atoms with Gasteiger partial charge in [0.2, 0.25) is 5.43 Å². The SMILES string of the molecule is CCc1ccccc1NC(=O)c1cn(CC)c2ccc(F)cc2c1=O. The highest BCUT2D eigenvalue weighted by atomic mass is 19.1. The van der Waals surface area contributed by atoms with Gasteiger partial charge in [-0.1, -0.05) is 25.1 Å². The Bertz CT molecular complexity index is 1010. The van der Waals surface area contributed by atoms with Crippen molar-refractivity contribution >= 4 is 22.5 Å². The number of hydrogen-bond donors (Lipinski definition) is 1. The van der Waals surface area contributed by atoms with Crippen molar-refractivity contribution in [3.63, 3.8) is 0 Å². The quantitative estimate of drug-likeness (QED) is 0.782. The van der Waals surface area contributed by atoms with Gasteiger partial charge in [-0.15, -0.1) is 0 Å². The van der Waals surface area contributed by atoms with E-state index in [1.54, 1.807) is 16.7 Å². The van der Waals surface area contributed by atoms with Crippen molar-refractivity contribution in [2.75, 3.05) is 5.32 Å². The van der Waals surface area contributed by atoms with E-state index in [4.69, 9.17) is 0 Å². The van der Waals surface area contributed by atoms with Crippen LogP contribution in [0, 0.1) is 5.82 Å². The Morgan fingerprint density at radius 2 is 1.92 bits per heavy atom. The highest BCUT2D eigenvalue weighted by Gasteiger charge is 2.16.